The molecule has 4 heterocycles. The fourth-order valence-corrected chi connectivity index (χ4v) is 4.26. The van der Waals surface area contributed by atoms with Gasteiger partial charge in [0.25, 0.3) is 0 Å². The monoisotopic (exact) mass is 381 g/mol. The molecule has 1 aliphatic heterocycles. The molecule has 0 spiro atoms. The number of fused-ring (bicyclic) bond motifs is 1. The second kappa shape index (κ2) is 6.25. The Bertz CT molecular complexity index is 1230. The number of hydrogen-bond acceptors (Lipinski definition) is 4. The van der Waals surface area contributed by atoms with Crippen molar-refractivity contribution < 1.29 is 9.84 Å². The number of aromatic nitrogens is 2. The van der Waals surface area contributed by atoms with Crippen LogP contribution in [0.3, 0.4) is 0 Å². The van der Waals surface area contributed by atoms with E-state index in [1.54, 1.807) is 32.3 Å². The highest BCUT2D eigenvalue weighted by molar-refractivity contribution is 7.10. The number of nitrogens with one attached hydrogen (secondary N) is 2. The quantitative estimate of drug-likeness (QED) is 0.640. The summed E-state index contributed by atoms with van der Waals surface area (Å²) in [5.74, 6) is 0.778. The molecule has 0 unspecified atom stereocenters. The highest BCUT2D eigenvalue weighted by Crippen LogP contribution is 2.21. The number of thiophene rings is 1. The summed E-state index contributed by atoms with van der Waals surface area (Å²) in [6, 6.07) is 6.05. The first-order chi connectivity index (χ1) is 12.7. The van der Waals surface area contributed by atoms with Gasteiger partial charge in [-0.1, -0.05) is 0 Å². The number of aryl methyl sites for hydroxylation is 2. The second-order valence-corrected chi connectivity index (χ2v) is 8.50. The van der Waals surface area contributed by atoms with Crippen molar-refractivity contribution in [3.63, 3.8) is 0 Å². The van der Waals surface area contributed by atoms with E-state index in [0.717, 1.165) is 48.3 Å². The van der Waals surface area contributed by atoms with E-state index >= 15 is 0 Å². The minimum absolute atomic E-state index is 0.778. The third-order valence-electron chi connectivity index (χ3n) is 4.64. The Morgan fingerprint density at radius 2 is 1.96 bits per heavy atom. The number of rotatable bonds is 3. The molecule has 0 saturated heterocycles. The molecule has 0 radical (unpaired) electrons. The van der Waals surface area contributed by atoms with E-state index < -0.39 is 5.60 Å². The van der Waals surface area contributed by atoms with Crippen LogP contribution < -0.4 is 25.3 Å². The van der Waals surface area contributed by atoms with Gasteiger partial charge >= 0.3 is 0 Å². The van der Waals surface area contributed by atoms with Gasteiger partial charge in [0.05, 0.1) is 39.0 Å². The molecule has 0 amide bonds. The Kier molecular flexibility index (Phi) is 4.13. The number of aromatic amines is 2. The standard InChI is InChI=1S/C21H23N3O2S/c1-11-6-12(2)22-13(11)7-16-18(26-5)8-14(23-16)15-9-19-17(24-15)10-20(27-19)21(3,4)25/h6-10,22-23,25H,1-5H3. The van der Waals surface area contributed by atoms with Gasteiger partial charge in [0, 0.05) is 22.3 Å². The lowest BCUT2D eigenvalue weighted by Crippen LogP contribution is -2.14. The van der Waals surface area contributed by atoms with Crippen LogP contribution in [-0.4, -0.2) is 22.2 Å². The van der Waals surface area contributed by atoms with Crippen molar-refractivity contribution in [2.75, 3.05) is 7.11 Å². The van der Waals surface area contributed by atoms with Gasteiger partial charge in [-0.2, -0.15) is 0 Å². The lowest BCUT2D eigenvalue weighted by molar-refractivity contribution is 0.0825. The molecule has 0 fully saturated rings. The maximum atomic E-state index is 10.2. The predicted octanol–water partition coefficient (Wildman–Crippen LogP) is 1.31. The Labute approximate surface area is 161 Å². The molecule has 4 rings (SSSR count). The van der Waals surface area contributed by atoms with Crippen molar-refractivity contribution in [3.05, 3.63) is 60.6 Å². The highest BCUT2D eigenvalue weighted by atomic mass is 32.1. The Morgan fingerprint density at radius 3 is 2.56 bits per heavy atom. The van der Waals surface area contributed by atoms with E-state index in [0.29, 0.717) is 0 Å². The molecule has 27 heavy (non-hydrogen) atoms. The highest BCUT2D eigenvalue weighted by Gasteiger charge is 2.20. The van der Waals surface area contributed by atoms with E-state index in [1.807, 2.05) is 25.1 Å². The fraction of sp³-hybridized carbons (Fsp3) is 0.286. The van der Waals surface area contributed by atoms with E-state index in [9.17, 15) is 5.11 Å². The molecule has 3 aromatic rings. The lowest BCUT2D eigenvalue weighted by Gasteiger charge is -2.13. The van der Waals surface area contributed by atoms with Crippen LogP contribution in [-0.2, 0) is 5.60 Å². The average molecular weight is 382 g/mol. The molecule has 3 aromatic heterocycles. The predicted molar refractivity (Wildman–Crippen MR) is 109 cm³/mol. The van der Waals surface area contributed by atoms with Crippen molar-refractivity contribution in [1.29, 1.82) is 0 Å². The van der Waals surface area contributed by atoms with Gasteiger partial charge in [0.15, 0.2) is 0 Å². The zero-order valence-corrected chi connectivity index (χ0v) is 16.9. The zero-order valence-electron chi connectivity index (χ0n) is 16.1. The number of methoxy groups -OCH3 is 1. The molecular weight excluding hydrogens is 358 g/mol. The first-order valence-corrected chi connectivity index (χ1v) is 9.64. The van der Waals surface area contributed by atoms with Crippen molar-refractivity contribution in [2.24, 2.45) is 4.99 Å². The number of H-pyrrole nitrogens is 2. The summed E-state index contributed by atoms with van der Waals surface area (Å²) < 4.78 is 6.62. The maximum Gasteiger partial charge on any atom is 0.144 e. The van der Waals surface area contributed by atoms with E-state index in [4.69, 9.17) is 9.73 Å². The van der Waals surface area contributed by atoms with Crippen molar-refractivity contribution in [2.45, 2.75) is 33.3 Å². The van der Waals surface area contributed by atoms with Crippen LogP contribution in [0.1, 0.15) is 35.7 Å². The van der Waals surface area contributed by atoms with E-state index in [1.165, 1.54) is 5.56 Å². The molecule has 0 bridgehead atoms. The summed E-state index contributed by atoms with van der Waals surface area (Å²) in [7, 11) is 1.67. The number of aliphatic hydroxyl groups is 1. The van der Waals surface area contributed by atoms with Crippen LogP contribution in [0.25, 0.3) is 17.8 Å². The summed E-state index contributed by atoms with van der Waals surface area (Å²) in [5.41, 5.74) is 3.41. The Balaban J connectivity index is 1.84. The molecule has 0 aromatic carbocycles. The molecule has 5 nitrogen and oxygen atoms in total. The van der Waals surface area contributed by atoms with Crippen molar-refractivity contribution in [1.82, 2.24) is 9.97 Å². The van der Waals surface area contributed by atoms with Gasteiger partial charge in [-0.05, 0) is 57.5 Å². The first-order valence-electron chi connectivity index (χ1n) is 8.83. The summed E-state index contributed by atoms with van der Waals surface area (Å²) >= 11 is 1.57. The number of ether oxygens (including phenoxy) is 1. The summed E-state index contributed by atoms with van der Waals surface area (Å²) in [5, 5.41) is 12.9. The minimum atomic E-state index is -0.845. The van der Waals surface area contributed by atoms with Crippen LogP contribution in [0.15, 0.2) is 23.2 Å². The maximum absolute atomic E-state index is 10.2. The minimum Gasteiger partial charge on any atom is -0.494 e. The van der Waals surface area contributed by atoms with Crippen molar-refractivity contribution in [3.8, 4) is 5.75 Å². The van der Waals surface area contributed by atoms with Crippen molar-refractivity contribution >= 4 is 29.2 Å². The second-order valence-electron chi connectivity index (χ2n) is 7.42. The van der Waals surface area contributed by atoms with E-state index in [-0.39, 0.29) is 0 Å². The lowest BCUT2D eigenvalue weighted by atomic mass is 10.1. The fourth-order valence-electron chi connectivity index (χ4n) is 3.22. The normalized spacial score (nSPS) is 16.3. The average Bonchev–Trinajstić information content (AvgIpc) is 3.29. The molecular formula is C21H23N3O2S. The topological polar surface area (TPSA) is 73.4 Å². The number of hydrogen-bond donors (Lipinski definition) is 3. The molecule has 3 N–H and O–H groups in total. The third kappa shape index (κ3) is 3.26. The SMILES string of the molecule is COc1cc(=C2C=c3sc(C(C)(C)O)cc3=N2)[nH]c1=Cc1[nH]c(C)cc1C. The van der Waals surface area contributed by atoms with Crippen LogP contribution >= 0.6 is 11.3 Å². The van der Waals surface area contributed by atoms with Crippen LogP contribution in [0, 0.1) is 13.8 Å². The first kappa shape index (κ1) is 17.8. The summed E-state index contributed by atoms with van der Waals surface area (Å²) in [6.45, 7) is 7.71. The van der Waals surface area contributed by atoms with Gasteiger partial charge in [0.1, 0.15) is 5.75 Å². The van der Waals surface area contributed by atoms with Crippen LogP contribution in [0.2, 0.25) is 0 Å². The van der Waals surface area contributed by atoms with Crippen LogP contribution in [0.4, 0.5) is 0 Å². The Hall–Kier alpha value is -2.57. The molecule has 1 aliphatic rings. The van der Waals surface area contributed by atoms with E-state index in [2.05, 4.69) is 29.0 Å². The zero-order chi connectivity index (χ0) is 19.3. The largest absolute Gasteiger partial charge is 0.494 e. The molecule has 140 valence electrons. The summed E-state index contributed by atoms with van der Waals surface area (Å²) in [6.07, 6.45) is 4.11. The summed E-state index contributed by atoms with van der Waals surface area (Å²) in [4.78, 5) is 12.4. The number of nitrogens with zero attached hydrogens (tertiary/aromatic N) is 1. The molecule has 6 heteroatoms. The molecule has 0 saturated carbocycles. The smallest absolute Gasteiger partial charge is 0.144 e. The third-order valence-corrected chi connectivity index (χ3v) is 6.02. The van der Waals surface area contributed by atoms with Gasteiger partial charge in [-0.3, -0.25) is 0 Å². The van der Waals surface area contributed by atoms with Gasteiger partial charge in [-0.25, -0.2) is 4.99 Å². The molecule has 0 aliphatic carbocycles. The van der Waals surface area contributed by atoms with Gasteiger partial charge in [0.2, 0.25) is 0 Å². The van der Waals surface area contributed by atoms with Gasteiger partial charge in [-0.15, -0.1) is 11.3 Å². The van der Waals surface area contributed by atoms with Gasteiger partial charge < -0.3 is 19.8 Å². The molecule has 0 atom stereocenters. The Morgan fingerprint density at radius 1 is 1.19 bits per heavy atom. The van der Waals surface area contributed by atoms with Crippen LogP contribution in [0.5, 0.6) is 5.75 Å².